The van der Waals surface area contributed by atoms with E-state index < -0.39 is 0 Å². The van der Waals surface area contributed by atoms with Gasteiger partial charge in [0.2, 0.25) is 5.91 Å². The van der Waals surface area contributed by atoms with Crippen LogP contribution in [0.5, 0.6) is 0 Å². The molecule has 1 aliphatic rings. The van der Waals surface area contributed by atoms with Crippen LogP contribution >= 0.6 is 22.9 Å². The number of piperazine rings is 1. The number of hydrogen-bond donors (Lipinski definition) is 0. The maximum absolute atomic E-state index is 13.3. The highest BCUT2D eigenvalue weighted by Gasteiger charge is 2.27. The third kappa shape index (κ3) is 5.51. The van der Waals surface area contributed by atoms with Crippen molar-refractivity contribution in [2.45, 2.75) is 26.1 Å². The molecule has 4 nitrogen and oxygen atoms in total. The van der Waals surface area contributed by atoms with Gasteiger partial charge in [-0.1, -0.05) is 23.7 Å². The van der Waals surface area contributed by atoms with E-state index in [1.165, 1.54) is 17.0 Å². The van der Waals surface area contributed by atoms with Crippen LogP contribution in [-0.2, 0) is 17.9 Å². The molecule has 1 fully saturated rings. The molecule has 0 saturated carbocycles. The van der Waals surface area contributed by atoms with Crippen molar-refractivity contribution in [1.29, 1.82) is 0 Å². The predicted molar refractivity (Wildman–Crippen MR) is 109 cm³/mol. The van der Waals surface area contributed by atoms with Gasteiger partial charge >= 0.3 is 0 Å². The molecule has 2 heterocycles. The van der Waals surface area contributed by atoms with Crippen molar-refractivity contribution in [3.05, 3.63) is 57.0 Å². The number of halogens is 2. The van der Waals surface area contributed by atoms with Crippen LogP contribution in [0.1, 0.15) is 17.4 Å². The average Bonchev–Trinajstić information content (AvgIpc) is 3.06. The highest BCUT2D eigenvalue weighted by Crippen LogP contribution is 2.23. The fourth-order valence-corrected chi connectivity index (χ4v) is 4.56. The summed E-state index contributed by atoms with van der Waals surface area (Å²) in [5, 5.41) is 0. The standard InChI is InChI=1S/C20H25ClFN3OS/c1-15(20(26)23(2)13-16-4-3-5-17(22)12-16)25-10-8-24(9-11-25)14-18-6-7-19(21)27-18/h3-7,12,15H,8-11,13-14H2,1-2H3. The minimum atomic E-state index is -0.274. The third-order valence-corrected chi connectivity index (χ3v) is 6.22. The van der Waals surface area contributed by atoms with E-state index >= 15 is 0 Å². The first-order valence-electron chi connectivity index (χ1n) is 9.12. The Hall–Kier alpha value is -1.47. The molecule has 2 aromatic rings. The van der Waals surface area contributed by atoms with Crippen molar-refractivity contribution < 1.29 is 9.18 Å². The Labute approximate surface area is 169 Å². The molecule has 0 spiro atoms. The van der Waals surface area contributed by atoms with E-state index in [4.69, 9.17) is 11.6 Å². The highest BCUT2D eigenvalue weighted by molar-refractivity contribution is 7.16. The molecule has 1 atom stereocenters. The van der Waals surface area contributed by atoms with Crippen LogP contribution in [0.2, 0.25) is 4.34 Å². The van der Waals surface area contributed by atoms with Crippen LogP contribution in [0.25, 0.3) is 0 Å². The summed E-state index contributed by atoms with van der Waals surface area (Å²) in [5.74, 6) is -0.206. The number of amides is 1. The van der Waals surface area contributed by atoms with E-state index in [0.29, 0.717) is 6.54 Å². The number of thiophene rings is 1. The van der Waals surface area contributed by atoms with Crippen LogP contribution in [0, 0.1) is 5.82 Å². The molecule has 1 aromatic heterocycles. The number of benzene rings is 1. The van der Waals surface area contributed by atoms with Crippen molar-refractivity contribution in [3.8, 4) is 0 Å². The van der Waals surface area contributed by atoms with Gasteiger partial charge in [0.15, 0.2) is 0 Å². The topological polar surface area (TPSA) is 26.8 Å². The molecule has 1 amide bonds. The monoisotopic (exact) mass is 409 g/mol. The lowest BCUT2D eigenvalue weighted by atomic mass is 10.1. The van der Waals surface area contributed by atoms with Gasteiger partial charge in [-0.15, -0.1) is 11.3 Å². The van der Waals surface area contributed by atoms with Gasteiger partial charge in [-0.25, -0.2) is 4.39 Å². The Kier molecular flexibility index (Phi) is 6.87. The van der Waals surface area contributed by atoms with Gasteiger partial charge in [-0.2, -0.15) is 0 Å². The van der Waals surface area contributed by atoms with Crippen LogP contribution < -0.4 is 0 Å². The summed E-state index contributed by atoms with van der Waals surface area (Å²) in [5.41, 5.74) is 0.803. The molecule has 0 radical (unpaired) electrons. The molecule has 7 heteroatoms. The third-order valence-electron chi connectivity index (χ3n) is 5.01. The van der Waals surface area contributed by atoms with Crippen molar-refractivity contribution in [1.82, 2.24) is 14.7 Å². The molecule has 0 bridgehead atoms. The number of carbonyl (C=O) groups is 1. The lowest BCUT2D eigenvalue weighted by Gasteiger charge is -2.38. The molecule has 0 N–H and O–H groups in total. The lowest BCUT2D eigenvalue weighted by Crippen LogP contribution is -2.53. The summed E-state index contributed by atoms with van der Waals surface area (Å²) >= 11 is 7.62. The second-order valence-corrected chi connectivity index (χ2v) is 8.82. The second kappa shape index (κ2) is 9.15. The molecule has 1 saturated heterocycles. The van der Waals surface area contributed by atoms with Gasteiger partial charge < -0.3 is 4.90 Å². The predicted octanol–water partition coefficient (Wildman–Crippen LogP) is 3.71. The van der Waals surface area contributed by atoms with Crippen LogP contribution in [0.4, 0.5) is 4.39 Å². The fraction of sp³-hybridized carbons (Fsp3) is 0.450. The SMILES string of the molecule is CC(C(=O)N(C)Cc1cccc(F)c1)N1CCN(Cc2ccc(Cl)s2)CC1. The average molecular weight is 410 g/mol. The molecule has 146 valence electrons. The molecular weight excluding hydrogens is 385 g/mol. The van der Waals surface area contributed by atoms with Crippen molar-refractivity contribution >= 4 is 28.8 Å². The summed E-state index contributed by atoms with van der Waals surface area (Å²) < 4.78 is 14.2. The van der Waals surface area contributed by atoms with Crippen molar-refractivity contribution in [3.63, 3.8) is 0 Å². The van der Waals surface area contributed by atoms with E-state index in [0.717, 1.165) is 42.6 Å². The molecule has 1 aliphatic heterocycles. The van der Waals surface area contributed by atoms with E-state index in [2.05, 4.69) is 15.9 Å². The molecule has 0 aliphatic carbocycles. The zero-order valence-electron chi connectivity index (χ0n) is 15.7. The highest BCUT2D eigenvalue weighted by atomic mass is 35.5. The first-order chi connectivity index (χ1) is 12.9. The summed E-state index contributed by atoms with van der Waals surface area (Å²) in [4.78, 5) is 20.3. The van der Waals surface area contributed by atoms with E-state index in [-0.39, 0.29) is 17.8 Å². The zero-order chi connectivity index (χ0) is 19.4. The summed E-state index contributed by atoms with van der Waals surface area (Å²) in [6.07, 6.45) is 0. The van der Waals surface area contributed by atoms with Gasteiger partial charge in [0.1, 0.15) is 5.82 Å². The first-order valence-corrected chi connectivity index (χ1v) is 10.3. The van der Waals surface area contributed by atoms with Gasteiger partial charge in [-0.3, -0.25) is 14.6 Å². The number of rotatable bonds is 6. The molecule has 27 heavy (non-hydrogen) atoms. The lowest BCUT2D eigenvalue weighted by molar-refractivity contribution is -0.136. The van der Waals surface area contributed by atoms with Crippen LogP contribution in [0.3, 0.4) is 0 Å². The number of carbonyl (C=O) groups excluding carboxylic acids is 1. The molecule has 1 aromatic carbocycles. The largest absolute Gasteiger partial charge is 0.340 e. The minimum absolute atomic E-state index is 0.0674. The number of hydrogen-bond acceptors (Lipinski definition) is 4. The maximum Gasteiger partial charge on any atom is 0.239 e. The van der Waals surface area contributed by atoms with Gasteiger partial charge in [0.05, 0.1) is 10.4 Å². The van der Waals surface area contributed by atoms with Gasteiger partial charge in [0.25, 0.3) is 0 Å². The van der Waals surface area contributed by atoms with E-state index in [1.54, 1.807) is 29.4 Å². The smallest absolute Gasteiger partial charge is 0.239 e. The van der Waals surface area contributed by atoms with Crippen LogP contribution in [-0.4, -0.2) is 59.9 Å². The fourth-order valence-electron chi connectivity index (χ4n) is 3.43. The summed E-state index contributed by atoms with van der Waals surface area (Å²) in [7, 11) is 1.78. The Bertz CT molecular complexity index is 776. The van der Waals surface area contributed by atoms with Crippen molar-refractivity contribution in [2.75, 3.05) is 33.2 Å². The first kappa shape index (κ1) is 20.3. The summed E-state index contributed by atoms with van der Waals surface area (Å²) in [6, 6.07) is 10.2. The molecular formula is C20H25ClFN3OS. The quantitative estimate of drug-likeness (QED) is 0.727. The summed E-state index contributed by atoms with van der Waals surface area (Å²) in [6.45, 7) is 6.87. The Morgan fingerprint density at radius 2 is 2.00 bits per heavy atom. The number of likely N-dealkylation sites (N-methyl/N-ethyl adjacent to an activating group) is 1. The normalized spacial score (nSPS) is 17.0. The maximum atomic E-state index is 13.3. The van der Waals surface area contributed by atoms with Gasteiger partial charge in [-0.05, 0) is 36.8 Å². The van der Waals surface area contributed by atoms with Gasteiger partial charge in [0, 0.05) is 51.2 Å². The Balaban J connectivity index is 1.49. The zero-order valence-corrected chi connectivity index (χ0v) is 17.3. The molecule has 1 unspecified atom stereocenters. The second-order valence-electron chi connectivity index (χ2n) is 7.02. The van der Waals surface area contributed by atoms with E-state index in [1.807, 2.05) is 19.1 Å². The Morgan fingerprint density at radius 3 is 2.63 bits per heavy atom. The Morgan fingerprint density at radius 1 is 1.26 bits per heavy atom. The number of nitrogens with zero attached hydrogens (tertiary/aromatic N) is 3. The molecule has 3 rings (SSSR count). The van der Waals surface area contributed by atoms with Crippen LogP contribution in [0.15, 0.2) is 36.4 Å². The minimum Gasteiger partial charge on any atom is -0.340 e. The van der Waals surface area contributed by atoms with E-state index in [9.17, 15) is 9.18 Å². The van der Waals surface area contributed by atoms with Crippen molar-refractivity contribution in [2.24, 2.45) is 0 Å².